The predicted molar refractivity (Wildman–Crippen MR) is 82.4 cm³/mol. The third kappa shape index (κ3) is 3.19. The van der Waals surface area contributed by atoms with Gasteiger partial charge in [-0.25, -0.2) is 0 Å². The molecule has 1 saturated carbocycles. The number of halogens is 1. The highest BCUT2D eigenvalue weighted by molar-refractivity contribution is 9.10. The highest BCUT2D eigenvalue weighted by Crippen LogP contribution is 2.29. The Morgan fingerprint density at radius 3 is 2.68 bits per heavy atom. The van der Waals surface area contributed by atoms with Gasteiger partial charge in [-0.2, -0.15) is 0 Å². The van der Waals surface area contributed by atoms with E-state index in [-0.39, 0.29) is 5.91 Å². The number of carbonyl (C=O) groups excluding carboxylic acids is 1. The van der Waals surface area contributed by atoms with Gasteiger partial charge in [-0.1, -0.05) is 31.4 Å². The minimum Gasteiger partial charge on any atom is -0.338 e. The maximum absolute atomic E-state index is 12.7. The number of aryl methyl sites for hydroxylation is 1. The van der Waals surface area contributed by atoms with Gasteiger partial charge in [0.15, 0.2) is 0 Å². The van der Waals surface area contributed by atoms with E-state index in [4.69, 9.17) is 0 Å². The summed E-state index contributed by atoms with van der Waals surface area (Å²) in [5.41, 5.74) is 1.90. The second-order valence-corrected chi connectivity index (χ2v) is 6.58. The number of hydrogen-bond acceptors (Lipinski definition) is 1. The molecule has 0 N–H and O–H groups in total. The zero-order valence-corrected chi connectivity index (χ0v) is 13.5. The Morgan fingerprint density at radius 2 is 2.00 bits per heavy atom. The van der Waals surface area contributed by atoms with Crippen LogP contribution in [0, 0.1) is 12.8 Å². The number of carbonyl (C=O) groups is 1. The maximum Gasteiger partial charge on any atom is 0.255 e. The van der Waals surface area contributed by atoms with Crippen LogP contribution in [0.1, 0.15) is 48.5 Å². The molecule has 19 heavy (non-hydrogen) atoms. The molecule has 0 radical (unpaired) electrons. The lowest BCUT2D eigenvalue weighted by molar-refractivity contribution is 0.0628. The van der Waals surface area contributed by atoms with Crippen molar-refractivity contribution in [3.05, 3.63) is 33.8 Å². The van der Waals surface area contributed by atoms with E-state index in [1.807, 2.05) is 37.1 Å². The Morgan fingerprint density at radius 1 is 1.32 bits per heavy atom. The van der Waals surface area contributed by atoms with Gasteiger partial charge in [-0.15, -0.1) is 0 Å². The molecule has 0 aliphatic heterocycles. The molecular formula is C16H22BrNO. The largest absolute Gasteiger partial charge is 0.338 e. The highest BCUT2D eigenvalue weighted by atomic mass is 79.9. The zero-order chi connectivity index (χ0) is 14.0. The predicted octanol–water partition coefficient (Wildman–Crippen LogP) is 4.41. The number of hydrogen-bond donors (Lipinski definition) is 0. The van der Waals surface area contributed by atoms with Crippen molar-refractivity contribution < 1.29 is 4.79 Å². The number of nitrogens with zero attached hydrogens (tertiary/aromatic N) is 1. The summed E-state index contributed by atoms with van der Waals surface area (Å²) in [7, 11) is 1.95. The van der Waals surface area contributed by atoms with Gasteiger partial charge in [0.05, 0.1) is 5.56 Å². The summed E-state index contributed by atoms with van der Waals surface area (Å²) in [6.45, 7) is 4.28. The first kappa shape index (κ1) is 14.6. The molecule has 3 heteroatoms. The molecule has 1 aliphatic rings. The first-order chi connectivity index (χ1) is 9.00. The minimum absolute atomic E-state index is 0.134. The van der Waals surface area contributed by atoms with Gasteiger partial charge in [0.2, 0.25) is 0 Å². The molecule has 2 unspecified atom stereocenters. The van der Waals surface area contributed by atoms with E-state index in [0.717, 1.165) is 22.0 Å². The molecule has 1 aromatic carbocycles. The zero-order valence-electron chi connectivity index (χ0n) is 11.9. The fraction of sp³-hybridized carbons (Fsp3) is 0.562. The number of benzene rings is 1. The van der Waals surface area contributed by atoms with Crippen LogP contribution in [0.15, 0.2) is 22.7 Å². The van der Waals surface area contributed by atoms with Gasteiger partial charge in [0, 0.05) is 17.6 Å². The summed E-state index contributed by atoms with van der Waals surface area (Å²) in [4.78, 5) is 14.6. The molecule has 1 amide bonds. The standard InChI is InChI=1S/C16H22BrNO/c1-11-8-9-14(17)13(10-11)16(19)18(3)15-7-5-4-6-12(15)2/h8-10,12,15H,4-7H2,1-3H3. The van der Waals surface area contributed by atoms with Crippen LogP contribution in [0.5, 0.6) is 0 Å². The van der Waals surface area contributed by atoms with Crippen LogP contribution < -0.4 is 0 Å². The second-order valence-electron chi connectivity index (χ2n) is 5.73. The normalized spacial score (nSPS) is 23.2. The van der Waals surface area contributed by atoms with Crippen molar-refractivity contribution in [2.24, 2.45) is 5.92 Å². The van der Waals surface area contributed by atoms with Crippen molar-refractivity contribution in [1.29, 1.82) is 0 Å². The molecule has 1 aromatic rings. The van der Waals surface area contributed by atoms with Gasteiger partial charge in [0.1, 0.15) is 0 Å². The molecule has 2 rings (SSSR count). The lowest BCUT2D eigenvalue weighted by Gasteiger charge is -2.36. The van der Waals surface area contributed by atoms with Crippen molar-refractivity contribution >= 4 is 21.8 Å². The average molecular weight is 324 g/mol. The quantitative estimate of drug-likeness (QED) is 0.789. The second kappa shape index (κ2) is 6.08. The molecule has 0 heterocycles. The molecule has 1 aliphatic carbocycles. The Balaban J connectivity index is 2.20. The van der Waals surface area contributed by atoms with Gasteiger partial charge < -0.3 is 4.90 Å². The van der Waals surface area contributed by atoms with Gasteiger partial charge in [0.25, 0.3) is 5.91 Å². The summed E-state index contributed by atoms with van der Waals surface area (Å²) in [5.74, 6) is 0.737. The first-order valence-electron chi connectivity index (χ1n) is 7.04. The topological polar surface area (TPSA) is 20.3 Å². The van der Waals surface area contributed by atoms with Crippen LogP contribution in [0.25, 0.3) is 0 Å². The SMILES string of the molecule is Cc1ccc(Br)c(C(=O)N(C)C2CCCCC2C)c1. The van der Waals surface area contributed by atoms with E-state index in [9.17, 15) is 4.79 Å². The van der Waals surface area contributed by atoms with E-state index in [1.54, 1.807) is 0 Å². The summed E-state index contributed by atoms with van der Waals surface area (Å²) in [6, 6.07) is 6.33. The van der Waals surface area contributed by atoms with E-state index in [2.05, 4.69) is 22.9 Å². The fourth-order valence-corrected chi connectivity index (χ4v) is 3.43. The van der Waals surface area contributed by atoms with Crippen molar-refractivity contribution in [2.45, 2.75) is 45.6 Å². The molecule has 104 valence electrons. The molecule has 1 fully saturated rings. The Labute approximate surface area is 124 Å². The van der Waals surface area contributed by atoms with Crippen molar-refractivity contribution in [2.75, 3.05) is 7.05 Å². The summed E-state index contributed by atoms with van der Waals surface area (Å²) < 4.78 is 0.887. The molecule has 0 spiro atoms. The molecule has 0 aromatic heterocycles. The summed E-state index contributed by atoms with van der Waals surface area (Å²) >= 11 is 3.49. The third-order valence-electron chi connectivity index (χ3n) is 4.24. The summed E-state index contributed by atoms with van der Waals surface area (Å²) in [5, 5.41) is 0. The van der Waals surface area contributed by atoms with Gasteiger partial charge in [-0.05, 0) is 53.7 Å². The number of amides is 1. The van der Waals surface area contributed by atoms with E-state index >= 15 is 0 Å². The van der Waals surface area contributed by atoms with Crippen LogP contribution in [0.2, 0.25) is 0 Å². The Bertz CT molecular complexity index is 472. The molecule has 2 atom stereocenters. The third-order valence-corrected chi connectivity index (χ3v) is 4.93. The fourth-order valence-electron chi connectivity index (χ4n) is 3.02. The van der Waals surface area contributed by atoms with Crippen molar-refractivity contribution in [1.82, 2.24) is 4.90 Å². The molecule has 0 saturated heterocycles. The van der Waals surface area contributed by atoms with Gasteiger partial charge >= 0.3 is 0 Å². The highest BCUT2D eigenvalue weighted by Gasteiger charge is 2.29. The maximum atomic E-state index is 12.7. The van der Waals surface area contributed by atoms with Crippen LogP contribution in [-0.4, -0.2) is 23.9 Å². The lowest BCUT2D eigenvalue weighted by atomic mass is 9.85. The molecule has 2 nitrogen and oxygen atoms in total. The van der Waals surface area contributed by atoms with E-state index in [0.29, 0.717) is 12.0 Å². The monoisotopic (exact) mass is 323 g/mol. The average Bonchev–Trinajstić information content (AvgIpc) is 2.40. The summed E-state index contributed by atoms with van der Waals surface area (Å²) in [6.07, 6.45) is 4.90. The smallest absolute Gasteiger partial charge is 0.255 e. The van der Waals surface area contributed by atoms with Crippen molar-refractivity contribution in [3.63, 3.8) is 0 Å². The van der Waals surface area contributed by atoms with Crippen LogP contribution in [-0.2, 0) is 0 Å². The van der Waals surface area contributed by atoms with E-state index < -0.39 is 0 Å². The Kier molecular flexibility index (Phi) is 4.67. The molecular weight excluding hydrogens is 302 g/mol. The molecule has 0 bridgehead atoms. The van der Waals surface area contributed by atoms with E-state index in [1.165, 1.54) is 19.3 Å². The first-order valence-corrected chi connectivity index (χ1v) is 7.83. The van der Waals surface area contributed by atoms with Gasteiger partial charge in [-0.3, -0.25) is 4.79 Å². The number of rotatable bonds is 2. The lowest BCUT2D eigenvalue weighted by Crippen LogP contribution is -2.42. The van der Waals surface area contributed by atoms with Crippen molar-refractivity contribution in [3.8, 4) is 0 Å². The Hall–Kier alpha value is -0.830. The van der Waals surface area contributed by atoms with Crippen LogP contribution in [0.4, 0.5) is 0 Å². The van der Waals surface area contributed by atoms with Crippen LogP contribution in [0.3, 0.4) is 0 Å². The minimum atomic E-state index is 0.134. The van der Waals surface area contributed by atoms with Crippen LogP contribution >= 0.6 is 15.9 Å².